The van der Waals surface area contributed by atoms with E-state index in [1.807, 2.05) is 61.5 Å². The lowest BCUT2D eigenvalue weighted by Crippen LogP contribution is -2.24. The third-order valence-corrected chi connectivity index (χ3v) is 4.45. The molecule has 0 fully saturated rings. The third kappa shape index (κ3) is 4.37. The summed E-state index contributed by atoms with van der Waals surface area (Å²) in [5.41, 5.74) is 3.17. The zero-order chi connectivity index (χ0) is 20.2. The maximum atomic E-state index is 12.5. The topological polar surface area (TPSA) is 88.6 Å². The van der Waals surface area contributed by atoms with Gasteiger partial charge < -0.3 is 25.0 Å². The Bertz CT molecular complexity index is 1020. The number of benzene rings is 2. The first kappa shape index (κ1) is 18.5. The molecule has 0 atom stereocenters. The van der Waals surface area contributed by atoms with Crippen LogP contribution in [0.1, 0.15) is 16.1 Å². The molecule has 1 amide bonds. The van der Waals surface area contributed by atoms with Crippen LogP contribution in [0.5, 0.6) is 11.5 Å². The molecular formula is C21H21N5O3. The number of fused-ring (bicyclic) bond motifs is 1. The van der Waals surface area contributed by atoms with Crippen LogP contribution in [0.3, 0.4) is 0 Å². The number of amides is 1. The smallest absolute Gasteiger partial charge is 0.270 e. The predicted molar refractivity (Wildman–Crippen MR) is 110 cm³/mol. The Hall–Kier alpha value is -3.81. The molecule has 8 heteroatoms. The van der Waals surface area contributed by atoms with E-state index in [0.717, 1.165) is 16.9 Å². The summed E-state index contributed by atoms with van der Waals surface area (Å²) >= 11 is 0. The van der Waals surface area contributed by atoms with Crippen molar-refractivity contribution in [1.82, 2.24) is 15.3 Å². The number of carbonyl (C=O) groups is 1. The zero-order valence-electron chi connectivity index (χ0n) is 16.2. The van der Waals surface area contributed by atoms with E-state index in [9.17, 15) is 4.79 Å². The van der Waals surface area contributed by atoms with Gasteiger partial charge in [0.2, 0.25) is 6.79 Å². The van der Waals surface area contributed by atoms with Crippen LogP contribution in [0.2, 0.25) is 0 Å². The molecule has 1 aliphatic heterocycles. The van der Waals surface area contributed by atoms with Crippen LogP contribution < -0.4 is 25.0 Å². The number of carbonyl (C=O) groups excluding carboxylic acids is 1. The Kier molecular flexibility index (Phi) is 5.15. The second-order valence-corrected chi connectivity index (χ2v) is 6.73. The van der Waals surface area contributed by atoms with E-state index in [1.165, 1.54) is 6.33 Å². The van der Waals surface area contributed by atoms with Gasteiger partial charge in [-0.2, -0.15) is 0 Å². The van der Waals surface area contributed by atoms with Crippen molar-refractivity contribution in [3.63, 3.8) is 0 Å². The molecule has 1 aromatic heterocycles. The lowest BCUT2D eigenvalue weighted by molar-refractivity contribution is 0.0945. The van der Waals surface area contributed by atoms with Gasteiger partial charge >= 0.3 is 0 Å². The number of nitrogens with zero attached hydrogens (tertiary/aromatic N) is 3. The van der Waals surface area contributed by atoms with Gasteiger partial charge in [-0.1, -0.05) is 6.07 Å². The standard InChI is InChI=1S/C21H21N5O3/c1-26(2)16-6-4-15(5-7-16)25-20-10-17(23-12-24-20)21(27)22-11-14-3-8-18-19(9-14)29-13-28-18/h3-10,12H,11,13H2,1-2H3,(H,22,27)(H,23,24,25). The molecule has 2 aromatic carbocycles. The summed E-state index contributed by atoms with van der Waals surface area (Å²) in [6, 6.07) is 15.1. The maximum absolute atomic E-state index is 12.5. The molecule has 0 unspecified atom stereocenters. The molecule has 1 aliphatic rings. The third-order valence-electron chi connectivity index (χ3n) is 4.45. The van der Waals surface area contributed by atoms with Crippen LogP contribution in [0.15, 0.2) is 54.9 Å². The fourth-order valence-electron chi connectivity index (χ4n) is 2.86. The van der Waals surface area contributed by atoms with Crippen LogP contribution in [-0.4, -0.2) is 36.8 Å². The minimum absolute atomic E-state index is 0.222. The van der Waals surface area contributed by atoms with Gasteiger partial charge in [-0.15, -0.1) is 0 Å². The van der Waals surface area contributed by atoms with E-state index < -0.39 is 0 Å². The fraction of sp³-hybridized carbons (Fsp3) is 0.190. The van der Waals surface area contributed by atoms with Gasteiger partial charge in [0.1, 0.15) is 17.8 Å². The highest BCUT2D eigenvalue weighted by Crippen LogP contribution is 2.32. The van der Waals surface area contributed by atoms with E-state index in [2.05, 4.69) is 20.6 Å². The van der Waals surface area contributed by atoms with E-state index in [1.54, 1.807) is 6.07 Å². The van der Waals surface area contributed by atoms with Crippen LogP contribution >= 0.6 is 0 Å². The molecule has 0 spiro atoms. The van der Waals surface area contributed by atoms with Crippen LogP contribution in [0.25, 0.3) is 0 Å². The number of nitrogens with one attached hydrogen (secondary N) is 2. The normalized spacial score (nSPS) is 11.8. The van der Waals surface area contributed by atoms with Crippen LogP contribution in [-0.2, 0) is 6.54 Å². The Morgan fingerprint density at radius 3 is 2.62 bits per heavy atom. The highest BCUT2D eigenvalue weighted by Gasteiger charge is 2.14. The second-order valence-electron chi connectivity index (χ2n) is 6.73. The van der Waals surface area contributed by atoms with E-state index >= 15 is 0 Å². The molecule has 0 saturated carbocycles. The molecule has 148 valence electrons. The number of hydrogen-bond donors (Lipinski definition) is 2. The van der Waals surface area contributed by atoms with Crippen molar-refractivity contribution >= 4 is 23.1 Å². The minimum atomic E-state index is -0.281. The maximum Gasteiger partial charge on any atom is 0.270 e. The van der Waals surface area contributed by atoms with Gasteiger partial charge in [0, 0.05) is 38.1 Å². The molecule has 29 heavy (non-hydrogen) atoms. The van der Waals surface area contributed by atoms with Crippen molar-refractivity contribution < 1.29 is 14.3 Å². The fourth-order valence-corrected chi connectivity index (χ4v) is 2.86. The lowest BCUT2D eigenvalue weighted by atomic mass is 10.2. The van der Waals surface area contributed by atoms with Gasteiger partial charge in [0.15, 0.2) is 11.5 Å². The van der Waals surface area contributed by atoms with Gasteiger partial charge in [0.25, 0.3) is 5.91 Å². The first-order valence-corrected chi connectivity index (χ1v) is 9.12. The summed E-state index contributed by atoms with van der Waals surface area (Å²) < 4.78 is 10.6. The van der Waals surface area contributed by atoms with E-state index in [-0.39, 0.29) is 18.4 Å². The average molecular weight is 391 g/mol. The van der Waals surface area contributed by atoms with Crippen LogP contribution in [0, 0.1) is 0 Å². The molecule has 0 aliphatic carbocycles. The Balaban J connectivity index is 1.39. The van der Waals surface area contributed by atoms with Crippen molar-refractivity contribution in [1.29, 1.82) is 0 Å². The Labute approximate surface area is 168 Å². The molecule has 0 bridgehead atoms. The molecule has 3 aromatic rings. The highest BCUT2D eigenvalue weighted by molar-refractivity contribution is 5.92. The van der Waals surface area contributed by atoms with E-state index in [0.29, 0.717) is 23.9 Å². The Morgan fingerprint density at radius 2 is 1.83 bits per heavy atom. The largest absolute Gasteiger partial charge is 0.454 e. The summed E-state index contributed by atoms with van der Waals surface area (Å²) in [6.07, 6.45) is 1.37. The Morgan fingerprint density at radius 1 is 1.03 bits per heavy atom. The number of hydrogen-bond acceptors (Lipinski definition) is 7. The first-order chi connectivity index (χ1) is 14.1. The molecule has 0 saturated heterocycles. The summed E-state index contributed by atoms with van der Waals surface area (Å²) in [6.45, 7) is 0.577. The average Bonchev–Trinajstić information content (AvgIpc) is 3.20. The number of rotatable bonds is 6. The predicted octanol–water partition coefficient (Wildman–Crippen LogP) is 2.94. The zero-order valence-corrected chi connectivity index (χ0v) is 16.2. The van der Waals surface area contributed by atoms with Crippen molar-refractivity contribution in [3.8, 4) is 11.5 Å². The molecule has 2 N–H and O–H groups in total. The molecule has 2 heterocycles. The van der Waals surface area contributed by atoms with Crippen molar-refractivity contribution in [3.05, 3.63) is 66.1 Å². The molecule has 0 radical (unpaired) electrons. The summed E-state index contributed by atoms with van der Waals surface area (Å²) in [7, 11) is 3.97. The summed E-state index contributed by atoms with van der Waals surface area (Å²) in [5.74, 6) is 1.66. The lowest BCUT2D eigenvalue weighted by Gasteiger charge is -2.13. The van der Waals surface area contributed by atoms with Gasteiger partial charge in [-0.3, -0.25) is 4.79 Å². The van der Waals surface area contributed by atoms with Crippen molar-refractivity contribution in [2.45, 2.75) is 6.54 Å². The number of anilines is 3. The number of aromatic nitrogens is 2. The first-order valence-electron chi connectivity index (χ1n) is 9.12. The quantitative estimate of drug-likeness (QED) is 0.668. The van der Waals surface area contributed by atoms with Crippen molar-refractivity contribution in [2.24, 2.45) is 0 Å². The monoisotopic (exact) mass is 391 g/mol. The second kappa shape index (κ2) is 8.05. The van der Waals surface area contributed by atoms with Gasteiger partial charge in [0.05, 0.1) is 0 Å². The van der Waals surface area contributed by atoms with Crippen molar-refractivity contribution in [2.75, 3.05) is 31.1 Å². The van der Waals surface area contributed by atoms with Gasteiger partial charge in [-0.05, 0) is 42.0 Å². The van der Waals surface area contributed by atoms with Crippen LogP contribution in [0.4, 0.5) is 17.2 Å². The molecule has 8 nitrogen and oxygen atoms in total. The number of ether oxygens (including phenoxy) is 2. The SMILES string of the molecule is CN(C)c1ccc(Nc2cc(C(=O)NCc3ccc4c(c3)OCO4)ncn2)cc1. The van der Waals surface area contributed by atoms with Gasteiger partial charge in [-0.25, -0.2) is 9.97 Å². The highest BCUT2D eigenvalue weighted by atomic mass is 16.7. The molecular weight excluding hydrogens is 370 g/mol. The summed E-state index contributed by atoms with van der Waals surface area (Å²) in [5, 5.41) is 6.05. The molecule has 4 rings (SSSR count). The van der Waals surface area contributed by atoms with E-state index in [4.69, 9.17) is 9.47 Å². The minimum Gasteiger partial charge on any atom is -0.454 e. The summed E-state index contributed by atoms with van der Waals surface area (Å²) in [4.78, 5) is 22.8.